The molecule has 1 nitrogen and oxygen atoms in total. The van der Waals surface area contributed by atoms with Gasteiger partial charge in [0, 0.05) is 11.6 Å². The van der Waals surface area contributed by atoms with Gasteiger partial charge in [-0.05, 0) is 19.0 Å². The van der Waals surface area contributed by atoms with Gasteiger partial charge in [0.05, 0.1) is 0 Å². The Morgan fingerprint density at radius 2 is 2.00 bits per heavy atom. The molecule has 0 amide bonds. The molecule has 0 aliphatic heterocycles. The average Bonchev–Trinajstić information content (AvgIpc) is 1.98. The second-order valence-electron chi connectivity index (χ2n) is 3.02. The highest BCUT2D eigenvalue weighted by Crippen LogP contribution is 2.37. The first-order chi connectivity index (χ1) is 4.68. The van der Waals surface area contributed by atoms with E-state index >= 15 is 0 Å². The third-order valence-corrected chi connectivity index (χ3v) is 2.57. The van der Waals surface area contributed by atoms with Crippen molar-refractivity contribution in [2.45, 2.75) is 20.8 Å². The summed E-state index contributed by atoms with van der Waals surface area (Å²) < 4.78 is 0. The smallest absolute Gasteiger partial charge is 0.0173 e. The van der Waals surface area contributed by atoms with Crippen LogP contribution in [0.1, 0.15) is 20.8 Å². The van der Waals surface area contributed by atoms with E-state index in [9.17, 15) is 0 Å². The summed E-state index contributed by atoms with van der Waals surface area (Å²) >= 11 is 0. The second-order valence-corrected chi connectivity index (χ2v) is 3.02. The van der Waals surface area contributed by atoms with Gasteiger partial charge in [0.2, 0.25) is 0 Å². The topological polar surface area (TPSA) is 12.0 Å². The molecule has 0 aromatic heterocycles. The number of hydrogen-bond donors (Lipinski definition) is 1. The zero-order valence-corrected chi connectivity index (χ0v) is 6.94. The predicted molar refractivity (Wildman–Crippen MR) is 44.4 cm³/mol. The van der Waals surface area contributed by atoms with E-state index in [1.807, 2.05) is 0 Å². The summed E-state index contributed by atoms with van der Waals surface area (Å²) in [7, 11) is 0. The lowest BCUT2D eigenvalue weighted by Crippen LogP contribution is -2.31. The van der Waals surface area contributed by atoms with Crippen LogP contribution in [0, 0.1) is 11.8 Å². The molecular formula is C9H15N. The molecule has 0 bridgehead atoms. The monoisotopic (exact) mass is 137 g/mol. The molecular weight excluding hydrogens is 122 g/mol. The molecule has 0 spiro atoms. The molecule has 2 atom stereocenters. The first-order valence-electron chi connectivity index (χ1n) is 3.76. The van der Waals surface area contributed by atoms with Gasteiger partial charge < -0.3 is 5.32 Å². The van der Waals surface area contributed by atoms with Gasteiger partial charge in [-0.25, -0.2) is 0 Å². The molecule has 2 unspecified atom stereocenters. The van der Waals surface area contributed by atoms with Crippen LogP contribution in [-0.4, -0.2) is 0 Å². The summed E-state index contributed by atoms with van der Waals surface area (Å²) in [5, 5.41) is 3.16. The van der Waals surface area contributed by atoms with E-state index in [1.54, 1.807) is 6.20 Å². The van der Waals surface area contributed by atoms with Crippen molar-refractivity contribution in [3.05, 3.63) is 24.0 Å². The number of allylic oxidation sites excluding steroid dienone is 2. The minimum Gasteiger partial charge on any atom is -0.365 e. The van der Waals surface area contributed by atoms with Crippen molar-refractivity contribution >= 4 is 0 Å². The molecule has 0 aromatic rings. The van der Waals surface area contributed by atoms with Gasteiger partial charge in [0.15, 0.2) is 0 Å². The molecule has 0 saturated carbocycles. The normalized spacial score (nSPS) is 31.5. The van der Waals surface area contributed by atoms with Crippen molar-refractivity contribution in [2.75, 3.05) is 0 Å². The average molecular weight is 137 g/mol. The molecule has 1 heteroatoms. The van der Waals surface area contributed by atoms with Crippen LogP contribution in [0.2, 0.25) is 0 Å². The summed E-state index contributed by atoms with van der Waals surface area (Å²) in [5.41, 5.74) is 2.84. The van der Waals surface area contributed by atoms with Gasteiger partial charge >= 0.3 is 0 Å². The fourth-order valence-electron chi connectivity index (χ4n) is 1.49. The van der Waals surface area contributed by atoms with E-state index in [4.69, 9.17) is 0 Å². The SMILES string of the molecule is C=CNC1=C(C)C(C)C1C. The fourth-order valence-corrected chi connectivity index (χ4v) is 1.49. The van der Waals surface area contributed by atoms with Gasteiger partial charge in [-0.2, -0.15) is 0 Å². The molecule has 1 aliphatic rings. The Balaban J connectivity index is 2.67. The van der Waals surface area contributed by atoms with Gasteiger partial charge in [-0.15, -0.1) is 0 Å². The fraction of sp³-hybridized carbons (Fsp3) is 0.556. The van der Waals surface area contributed by atoms with Crippen LogP contribution in [0.25, 0.3) is 0 Å². The molecule has 0 heterocycles. The molecule has 0 aromatic carbocycles. The highest BCUT2D eigenvalue weighted by molar-refractivity contribution is 5.28. The summed E-state index contributed by atoms with van der Waals surface area (Å²) in [6.45, 7) is 10.3. The van der Waals surface area contributed by atoms with Gasteiger partial charge in [-0.3, -0.25) is 0 Å². The Labute approximate surface area is 62.8 Å². The maximum atomic E-state index is 3.63. The zero-order chi connectivity index (χ0) is 7.72. The minimum absolute atomic E-state index is 0.693. The van der Waals surface area contributed by atoms with E-state index in [2.05, 4.69) is 32.7 Å². The third kappa shape index (κ3) is 0.859. The van der Waals surface area contributed by atoms with Crippen LogP contribution >= 0.6 is 0 Å². The Morgan fingerprint density at radius 3 is 2.40 bits per heavy atom. The van der Waals surface area contributed by atoms with Crippen molar-refractivity contribution in [3.63, 3.8) is 0 Å². The van der Waals surface area contributed by atoms with E-state index in [0.29, 0.717) is 5.92 Å². The molecule has 1 N–H and O–H groups in total. The third-order valence-electron chi connectivity index (χ3n) is 2.57. The van der Waals surface area contributed by atoms with E-state index in [0.717, 1.165) is 5.92 Å². The number of hydrogen-bond acceptors (Lipinski definition) is 1. The van der Waals surface area contributed by atoms with Crippen molar-refractivity contribution < 1.29 is 0 Å². The van der Waals surface area contributed by atoms with Crippen molar-refractivity contribution in [3.8, 4) is 0 Å². The molecule has 1 rings (SSSR count). The molecule has 56 valence electrons. The largest absolute Gasteiger partial charge is 0.365 e. The highest BCUT2D eigenvalue weighted by Gasteiger charge is 2.29. The van der Waals surface area contributed by atoms with E-state index in [-0.39, 0.29) is 0 Å². The highest BCUT2D eigenvalue weighted by atomic mass is 14.9. The van der Waals surface area contributed by atoms with Crippen molar-refractivity contribution in [1.82, 2.24) is 5.32 Å². The number of rotatable bonds is 2. The van der Waals surface area contributed by atoms with Crippen molar-refractivity contribution in [1.29, 1.82) is 0 Å². The van der Waals surface area contributed by atoms with Gasteiger partial charge in [0.25, 0.3) is 0 Å². The van der Waals surface area contributed by atoms with Gasteiger partial charge in [-0.1, -0.05) is 26.0 Å². The molecule has 1 aliphatic carbocycles. The predicted octanol–water partition coefficient (Wildman–Crippen LogP) is 2.28. The summed E-state index contributed by atoms with van der Waals surface area (Å²) in [4.78, 5) is 0. The van der Waals surface area contributed by atoms with Crippen LogP contribution in [0.4, 0.5) is 0 Å². The molecule has 0 saturated heterocycles. The quantitative estimate of drug-likeness (QED) is 0.615. The summed E-state index contributed by atoms with van der Waals surface area (Å²) in [6, 6.07) is 0. The summed E-state index contributed by atoms with van der Waals surface area (Å²) in [6.07, 6.45) is 1.75. The Bertz CT molecular complexity index is 179. The first kappa shape index (κ1) is 7.39. The van der Waals surface area contributed by atoms with Crippen molar-refractivity contribution in [2.24, 2.45) is 11.8 Å². The Morgan fingerprint density at radius 1 is 1.40 bits per heavy atom. The Kier molecular flexibility index (Phi) is 1.84. The zero-order valence-electron chi connectivity index (χ0n) is 6.94. The maximum Gasteiger partial charge on any atom is 0.0173 e. The lowest BCUT2D eigenvalue weighted by molar-refractivity contribution is 0.405. The van der Waals surface area contributed by atoms with Crippen LogP contribution in [0.3, 0.4) is 0 Å². The van der Waals surface area contributed by atoms with Crippen LogP contribution in [0.5, 0.6) is 0 Å². The van der Waals surface area contributed by atoms with Gasteiger partial charge in [0.1, 0.15) is 0 Å². The van der Waals surface area contributed by atoms with E-state index in [1.165, 1.54) is 11.3 Å². The first-order valence-corrected chi connectivity index (χ1v) is 3.76. The standard InChI is InChI=1S/C9H15N/c1-5-10-9-7(3)6(2)8(9)4/h5-7,10H,1H2,2-4H3. The summed E-state index contributed by atoms with van der Waals surface area (Å²) in [5.74, 6) is 1.44. The van der Waals surface area contributed by atoms with Crippen LogP contribution in [0.15, 0.2) is 24.0 Å². The molecule has 0 radical (unpaired) electrons. The van der Waals surface area contributed by atoms with E-state index < -0.39 is 0 Å². The Hall–Kier alpha value is -0.720. The van der Waals surface area contributed by atoms with Crippen LogP contribution in [-0.2, 0) is 0 Å². The molecule has 0 fully saturated rings. The lowest BCUT2D eigenvalue weighted by Gasteiger charge is -2.36. The molecule has 10 heavy (non-hydrogen) atoms. The minimum atomic E-state index is 0.693. The second kappa shape index (κ2) is 2.49. The number of nitrogens with one attached hydrogen (secondary N) is 1. The van der Waals surface area contributed by atoms with Crippen LogP contribution < -0.4 is 5.32 Å². The lowest BCUT2D eigenvalue weighted by atomic mass is 9.74. The maximum absolute atomic E-state index is 3.63.